The van der Waals surface area contributed by atoms with Crippen LogP contribution in [0.2, 0.25) is 0 Å². The minimum Gasteiger partial charge on any atom is -0.474 e. The maximum absolute atomic E-state index is 11.7. The van der Waals surface area contributed by atoms with E-state index in [4.69, 9.17) is 18.9 Å². The van der Waals surface area contributed by atoms with Crippen LogP contribution in [-0.4, -0.2) is 41.7 Å². The van der Waals surface area contributed by atoms with E-state index in [1.165, 1.54) is 46.3 Å². The fraction of sp³-hybridized carbons (Fsp3) is 0.333. The Morgan fingerprint density at radius 2 is 1.88 bits per heavy atom. The summed E-state index contributed by atoms with van der Waals surface area (Å²) in [6.45, 7) is 2.93. The predicted octanol–water partition coefficient (Wildman–Crippen LogP) is 2.41. The molecule has 0 aromatic heterocycles. The molecule has 0 bridgehead atoms. The summed E-state index contributed by atoms with van der Waals surface area (Å²) in [5, 5.41) is 34.9. The highest BCUT2D eigenvalue weighted by molar-refractivity contribution is 5.78. The number of rotatable bonds is 5. The first-order chi connectivity index (χ1) is 15.2. The molecule has 1 heterocycles. The fourth-order valence-electron chi connectivity index (χ4n) is 3.64. The number of ether oxygens (including phenoxy) is 4. The third-order valence-corrected chi connectivity index (χ3v) is 5.16. The summed E-state index contributed by atoms with van der Waals surface area (Å²) in [4.78, 5) is 15.4. The van der Waals surface area contributed by atoms with Crippen LogP contribution in [-0.2, 0) is 15.2 Å². The Hall–Kier alpha value is -3.72. The van der Waals surface area contributed by atoms with Crippen LogP contribution >= 0.6 is 0 Å². The van der Waals surface area contributed by atoms with E-state index in [-0.39, 0.29) is 23.0 Å². The average molecular weight is 442 g/mol. The summed E-state index contributed by atoms with van der Waals surface area (Å²) in [5.74, 6) is -2.13. The van der Waals surface area contributed by atoms with Crippen molar-refractivity contribution in [2.75, 3.05) is 14.2 Å². The fourth-order valence-corrected chi connectivity index (χ4v) is 3.64. The molecule has 0 fully saturated rings. The third kappa shape index (κ3) is 3.50. The van der Waals surface area contributed by atoms with Gasteiger partial charge < -0.3 is 24.1 Å². The topological polar surface area (TPSA) is 148 Å². The van der Waals surface area contributed by atoms with E-state index >= 15 is 0 Å². The Balaban J connectivity index is 2.33. The van der Waals surface area contributed by atoms with Crippen LogP contribution in [0, 0.1) is 21.6 Å². The molecule has 0 saturated heterocycles. The molecule has 0 radical (unpaired) electrons. The maximum atomic E-state index is 11.7. The van der Waals surface area contributed by atoms with Crippen molar-refractivity contribution >= 4 is 11.7 Å². The zero-order chi connectivity index (χ0) is 23.6. The van der Waals surface area contributed by atoms with Crippen molar-refractivity contribution in [1.82, 2.24) is 5.32 Å². The van der Waals surface area contributed by atoms with E-state index in [0.29, 0.717) is 5.75 Å². The standard InChI is InChI=1S/C21H22N4O7/c1-19(2)21(26,30-4)20(29-3,15-11-8-12-16(25(27)28)17(15)32-19)24-18(23-13-22)31-14-9-6-5-7-10-14/h5-12,26H,1-4H3,(H,23,24). The number of nitro groups is 1. The summed E-state index contributed by atoms with van der Waals surface area (Å²) >= 11 is 0. The number of nitriles is 1. The Kier molecular flexibility index (Phi) is 6.05. The minimum absolute atomic E-state index is 0.00627. The molecule has 0 spiro atoms. The summed E-state index contributed by atoms with van der Waals surface area (Å²) in [6.07, 6.45) is 1.72. The molecule has 32 heavy (non-hydrogen) atoms. The number of benzene rings is 2. The highest BCUT2D eigenvalue weighted by atomic mass is 16.7. The number of aliphatic hydroxyl groups is 1. The van der Waals surface area contributed by atoms with E-state index in [9.17, 15) is 20.5 Å². The molecule has 1 aliphatic rings. The number of methoxy groups -OCH3 is 2. The number of nitrogens with one attached hydrogen (secondary N) is 1. The van der Waals surface area contributed by atoms with Gasteiger partial charge in [0.15, 0.2) is 11.8 Å². The van der Waals surface area contributed by atoms with Gasteiger partial charge in [0, 0.05) is 20.3 Å². The highest BCUT2D eigenvalue weighted by Crippen LogP contribution is 2.55. The van der Waals surface area contributed by atoms with Crippen LogP contribution in [0.5, 0.6) is 11.5 Å². The zero-order valence-electron chi connectivity index (χ0n) is 17.9. The molecular weight excluding hydrogens is 420 g/mol. The van der Waals surface area contributed by atoms with Crippen molar-refractivity contribution in [1.29, 1.82) is 5.26 Å². The summed E-state index contributed by atoms with van der Waals surface area (Å²) in [6, 6.07) is 12.2. The lowest BCUT2D eigenvalue weighted by molar-refractivity contribution is -0.393. The Morgan fingerprint density at radius 3 is 2.44 bits per heavy atom. The maximum Gasteiger partial charge on any atom is 0.311 e. The summed E-state index contributed by atoms with van der Waals surface area (Å²) in [5.41, 5.74) is -4.07. The molecule has 2 N–H and O–H groups in total. The number of para-hydroxylation sites is 2. The molecule has 1 aliphatic heterocycles. The summed E-state index contributed by atoms with van der Waals surface area (Å²) < 4.78 is 22.7. The van der Waals surface area contributed by atoms with E-state index in [2.05, 4.69) is 10.3 Å². The SMILES string of the molecule is COC1(N=C(NC#N)Oc2ccccc2)c2cccc([N+](=O)[O-])c2OC(C)(C)C1(O)OC. The lowest BCUT2D eigenvalue weighted by Gasteiger charge is -2.53. The molecule has 2 unspecified atom stereocenters. The van der Waals surface area contributed by atoms with Gasteiger partial charge in [-0.3, -0.25) is 10.1 Å². The minimum atomic E-state index is -2.31. The quantitative estimate of drug-likeness (QED) is 0.135. The van der Waals surface area contributed by atoms with Gasteiger partial charge in [0.2, 0.25) is 5.75 Å². The molecule has 2 aromatic carbocycles. The average Bonchev–Trinajstić information content (AvgIpc) is 2.76. The van der Waals surface area contributed by atoms with Crippen molar-refractivity contribution < 1.29 is 29.0 Å². The molecule has 3 rings (SSSR count). The number of fused-ring (bicyclic) bond motifs is 1. The van der Waals surface area contributed by atoms with Gasteiger partial charge in [-0.1, -0.05) is 24.3 Å². The second kappa shape index (κ2) is 8.43. The van der Waals surface area contributed by atoms with Crippen LogP contribution in [0.3, 0.4) is 0 Å². The predicted molar refractivity (Wildman–Crippen MR) is 112 cm³/mol. The number of aliphatic imine (C=N–C) groups is 1. The molecule has 0 aliphatic carbocycles. The third-order valence-electron chi connectivity index (χ3n) is 5.16. The second-order valence-corrected chi connectivity index (χ2v) is 7.29. The van der Waals surface area contributed by atoms with E-state index in [1.807, 2.05) is 0 Å². The monoisotopic (exact) mass is 442 g/mol. The smallest absolute Gasteiger partial charge is 0.311 e. The van der Waals surface area contributed by atoms with Crippen molar-refractivity contribution in [2.24, 2.45) is 4.99 Å². The Bertz CT molecular complexity index is 1080. The number of nitro benzene ring substituents is 1. The molecule has 2 aromatic rings. The highest BCUT2D eigenvalue weighted by Gasteiger charge is 2.69. The first-order valence-electron chi connectivity index (χ1n) is 9.43. The lowest BCUT2D eigenvalue weighted by Crippen LogP contribution is -2.70. The Morgan fingerprint density at radius 1 is 1.19 bits per heavy atom. The number of nitrogens with zero attached hydrogens (tertiary/aromatic N) is 3. The van der Waals surface area contributed by atoms with Crippen molar-refractivity contribution in [2.45, 2.75) is 31.0 Å². The van der Waals surface area contributed by atoms with Crippen LogP contribution in [0.4, 0.5) is 5.69 Å². The van der Waals surface area contributed by atoms with Gasteiger partial charge in [0.05, 0.1) is 10.5 Å². The van der Waals surface area contributed by atoms with Crippen LogP contribution < -0.4 is 14.8 Å². The van der Waals surface area contributed by atoms with Crippen molar-refractivity contribution in [3.8, 4) is 17.7 Å². The van der Waals surface area contributed by atoms with Crippen LogP contribution in [0.1, 0.15) is 19.4 Å². The van der Waals surface area contributed by atoms with E-state index < -0.39 is 22.0 Å². The first kappa shape index (κ1) is 23.0. The Labute approximate surface area is 184 Å². The number of hydrogen-bond donors (Lipinski definition) is 2. The van der Waals surface area contributed by atoms with Gasteiger partial charge in [-0.15, -0.1) is 0 Å². The first-order valence-corrected chi connectivity index (χ1v) is 9.43. The molecule has 0 amide bonds. The van der Waals surface area contributed by atoms with Gasteiger partial charge in [-0.05, 0) is 32.0 Å². The van der Waals surface area contributed by atoms with Gasteiger partial charge in [-0.2, -0.15) is 10.3 Å². The summed E-state index contributed by atoms with van der Waals surface area (Å²) in [7, 11) is 2.45. The van der Waals surface area contributed by atoms with Crippen molar-refractivity contribution in [3.05, 3.63) is 64.2 Å². The van der Waals surface area contributed by atoms with Gasteiger partial charge >= 0.3 is 11.7 Å². The normalized spacial score (nSPS) is 23.9. The van der Waals surface area contributed by atoms with Crippen LogP contribution in [0.15, 0.2) is 53.5 Å². The molecule has 11 heteroatoms. The van der Waals surface area contributed by atoms with Gasteiger partial charge in [-0.25, -0.2) is 5.32 Å². The zero-order valence-corrected chi connectivity index (χ0v) is 17.9. The molecular formula is C21H22N4O7. The number of amidine groups is 1. The van der Waals surface area contributed by atoms with E-state index in [0.717, 1.165) is 0 Å². The number of hydrogen-bond acceptors (Lipinski definition) is 9. The second-order valence-electron chi connectivity index (χ2n) is 7.29. The van der Waals surface area contributed by atoms with Gasteiger partial charge in [0.25, 0.3) is 11.5 Å². The molecule has 168 valence electrons. The van der Waals surface area contributed by atoms with Crippen LogP contribution in [0.25, 0.3) is 0 Å². The van der Waals surface area contributed by atoms with Crippen molar-refractivity contribution in [3.63, 3.8) is 0 Å². The molecule has 2 atom stereocenters. The lowest BCUT2D eigenvalue weighted by atomic mass is 9.79. The molecule has 11 nitrogen and oxygen atoms in total. The molecule has 0 saturated carbocycles. The largest absolute Gasteiger partial charge is 0.474 e. The van der Waals surface area contributed by atoms with Gasteiger partial charge in [0.1, 0.15) is 5.75 Å². The van der Waals surface area contributed by atoms with E-state index in [1.54, 1.807) is 36.5 Å².